The number of aromatic nitrogens is 2. The van der Waals surface area contributed by atoms with Gasteiger partial charge in [0.2, 0.25) is 0 Å². The highest BCUT2D eigenvalue weighted by Gasteiger charge is 2.20. The molecule has 1 fully saturated rings. The maximum atomic E-state index is 12.2. The van der Waals surface area contributed by atoms with E-state index in [0.717, 1.165) is 31.4 Å². The minimum atomic E-state index is -1.02. The number of nitrogens with two attached hydrogens (primary N) is 1. The summed E-state index contributed by atoms with van der Waals surface area (Å²) in [5, 5.41) is 8.93. The summed E-state index contributed by atoms with van der Waals surface area (Å²) in [6, 6.07) is 6.44. The molecule has 23 heavy (non-hydrogen) atoms. The molecule has 0 saturated heterocycles. The number of carboxylic acid groups (broad SMARTS) is 1. The average molecular weight is 313 g/mol. The topological polar surface area (TPSA) is 98.2 Å². The van der Waals surface area contributed by atoms with Crippen LogP contribution in [0.3, 0.4) is 0 Å². The van der Waals surface area contributed by atoms with Crippen molar-refractivity contribution in [2.75, 3.05) is 5.84 Å². The number of nitrogens with zero attached hydrogens (tertiary/aromatic N) is 2. The van der Waals surface area contributed by atoms with Gasteiger partial charge in [0.15, 0.2) is 0 Å². The summed E-state index contributed by atoms with van der Waals surface area (Å²) in [7, 11) is 0. The Balaban J connectivity index is 2.01. The Hall–Kier alpha value is -2.63. The highest BCUT2D eigenvalue weighted by atomic mass is 16.4. The van der Waals surface area contributed by atoms with E-state index in [9.17, 15) is 9.59 Å². The second-order valence-corrected chi connectivity index (χ2v) is 5.95. The minimum absolute atomic E-state index is 0.119. The van der Waals surface area contributed by atoms with Gasteiger partial charge in [-0.1, -0.05) is 19.3 Å². The quantitative estimate of drug-likeness (QED) is 0.848. The van der Waals surface area contributed by atoms with Crippen molar-refractivity contribution in [2.45, 2.75) is 38.0 Å². The van der Waals surface area contributed by atoms with Gasteiger partial charge in [-0.3, -0.25) is 9.78 Å². The van der Waals surface area contributed by atoms with Gasteiger partial charge >= 0.3 is 5.97 Å². The van der Waals surface area contributed by atoms with Crippen LogP contribution in [-0.4, -0.2) is 20.7 Å². The van der Waals surface area contributed by atoms with Gasteiger partial charge in [-0.2, -0.15) is 0 Å². The van der Waals surface area contributed by atoms with Crippen LogP contribution in [0.1, 0.15) is 54.1 Å². The molecular formula is C17H19N3O3. The molecule has 0 atom stereocenters. The van der Waals surface area contributed by atoms with E-state index < -0.39 is 5.97 Å². The first-order chi connectivity index (χ1) is 11.1. The van der Waals surface area contributed by atoms with Crippen molar-refractivity contribution in [2.24, 2.45) is 0 Å². The lowest BCUT2D eigenvalue weighted by atomic mass is 9.86. The molecular weight excluding hydrogens is 294 g/mol. The third-order valence-electron chi connectivity index (χ3n) is 4.43. The van der Waals surface area contributed by atoms with Gasteiger partial charge in [0.25, 0.3) is 5.56 Å². The molecule has 2 aromatic rings. The van der Waals surface area contributed by atoms with Crippen LogP contribution in [0.2, 0.25) is 0 Å². The van der Waals surface area contributed by atoms with E-state index in [1.165, 1.54) is 29.4 Å². The first-order valence-electron chi connectivity index (χ1n) is 7.78. The maximum absolute atomic E-state index is 12.2. The fourth-order valence-corrected chi connectivity index (χ4v) is 3.15. The highest BCUT2D eigenvalue weighted by molar-refractivity contribution is 5.87. The van der Waals surface area contributed by atoms with Crippen molar-refractivity contribution in [1.82, 2.24) is 9.66 Å². The Kier molecular flexibility index (Phi) is 4.14. The first-order valence-corrected chi connectivity index (χ1v) is 7.78. The molecule has 0 aliphatic heterocycles. The average Bonchev–Trinajstić information content (AvgIpc) is 2.58. The summed E-state index contributed by atoms with van der Waals surface area (Å²) in [5.74, 6) is 5.20. The summed E-state index contributed by atoms with van der Waals surface area (Å²) < 4.78 is 1.23. The van der Waals surface area contributed by atoms with Gasteiger partial charge in [0, 0.05) is 29.4 Å². The van der Waals surface area contributed by atoms with Gasteiger partial charge in [0.1, 0.15) is 0 Å². The fraction of sp³-hybridized carbons (Fsp3) is 0.353. The van der Waals surface area contributed by atoms with E-state index in [1.807, 2.05) is 6.07 Å². The summed E-state index contributed by atoms with van der Waals surface area (Å²) in [6.07, 6.45) is 6.88. The molecule has 0 unspecified atom stereocenters. The van der Waals surface area contributed by atoms with Crippen LogP contribution in [0.4, 0.5) is 0 Å². The number of hydrogen-bond acceptors (Lipinski definition) is 4. The Morgan fingerprint density at radius 3 is 2.57 bits per heavy atom. The van der Waals surface area contributed by atoms with Gasteiger partial charge < -0.3 is 10.9 Å². The number of hydrogen-bond donors (Lipinski definition) is 2. The number of nitrogen functional groups attached to an aromatic ring is 1. The molecule has 0 aromatic carbocycles. The van der Waals surface area contributed by atoms with Crippen LogP contribution in [0.5, 0.6) is 0 Å². The van der Waals surface area contributed by atoms with Gasteiger partial charge in [-0.05, 0) is 31.0 Å². The largest absolute Gasteiger partial charge is 0.478 e. The second kappa shape index (κ2) is 6.24. The molecule has 0 radical (unpaired) electrons. The summed E-state index contributed by atoms with van der Waals surface area (Å²) >= 11 is 0. The number of carbonyl (C=O) groups is 1. The number of aromatic carboxylic acids is 1. The van der Waals surface area contributed by atoms with Gasteiger partial charge in [0.05, 0.1) is 11.3 Å². The molecule has 3 rings (SSSR count). The molecule has 6 heteroatoms. The zero-order valence-electron chi connectivity index (χ0n) is 12.7. The fourth-order valence-electron chi connectivity index (χ4n) is 3.15. The first kappa shape index (κ1) is 15.3. The van der Waals surface area contributed by atoms with E-state index in [0.29, 0.717) is 17.2 Å². The smallest absolute Gasteiger partial charge is 0.337 e. The molecule has 3 N–H and O–H groups in total. The standard InChI is InChI=1S/C17H19N3O3/c18-20-15(11-4-2-1-3-5-11)8-13(9-16(20)21)14-7-6-12(10-19-14)17(22)23/h6-11H,1-5,18H2,(H,22,23). The summed E-state index contributed by atoms with van der Waals surface area (Å²) in [5.41, 5.74) is 1.93. The minimum Gasteiger partial charge on any atom is -0.478 e. The van der Waals surface area contributed by atoms with Crippen molar-refractivity contribution in [1.29, 1.82) is 0 Å². The molecule has 0 bridgehead atoms. The lowest BCUT2D eigenvalue weighted by Crippen LogP contribution is -2.31. The van der Waals surface area contributed by atoms with Crippen molar-refractivity contribution in [3.8, 4) is 11.3 Å². The Morgan fingerprint density at radius 2 is 1.96 bits per heavy atom. The molecule has 120 valence electrons. The molecule has 0 spiro atoms. The van der Waals surface area contributed by atoms with E-state index in [-0.39, 0.29) is 11.1 Å². The number of rotatable bonds is 3. The van der Waals surface area contributed by atoms with Crippen molar-refractivity contribution in [3.63, 3.8) is 0 Å². The molecule has 1 aliphatic rings. The summed E-state index contributed by atoms with van der Waals surface area (Å²) in [4.78, 5) is 27.2. The Morgan fingerprint density at radius 1 is 1.22 bits per heavy atom. The predicted molar refractivity (Wildman–Crippen MR) is 86.9 cm³/mol. The zero-order chi connectivity index (χ0) is 16.4. The van der Waals surface area contributed by atoms with E-state index in [4.69, 9.17) is 10.9 Å². The normalized spacial score (nSPS) is 15.5. The van der Waals surface area contributed by atoms with Crippen molar-refractivity contribution < 1.29 is 9.90 Å². The van der Waals surface area contributed by atoms with E-state index in [1.54, 1.807) is 6.07 Å². The van der Waals surface area contributed by atoms with Crippen LogP contribution < -0.4 is 11.4 Å². The number of pyridine rings is 2. The van der Waals surface area contributed by atoms with Crippen molar-refractivity contribution >= 4 is 5.97 Å². The van der Waals surface area contributed by atoms with Crippen LogP contribution >= 0.6 is 0 Å². The van der Waals surface area contributed by atoms with Gasteiger partial charge in [-0.15, -0.1) is 0 Å². The summed E-state index contributed by atoms with van der Waals surface area (Å²) in [6.45, 7) is 0. The lowest BCUT2D eigenvalue weighted by Gasteiger charge is -2.24. The third-order valence-corrected chi connectivity index (χ3v) is 4.43. The SMILES string of the molecule is Nn1c(C2CCCCC2)cc(-c2ccc(C(=O)O)cn2)cc1=O. The molecule has 2 aromatic heterocycles. The molecule has 0 amide bonds. The van der Waals surface area contributed by atoms with Crippen LogP contribution in [0.25, 0.3) is 11.3 Å². The zero-order valence-corrected chi connectivity index (χ0v) is 12.7. The van der Waals surface area contributed by atoms with Crippen LogP contribution in [-0.2, 0) is 0 Å². The second-order valence-electron chi connectivity index (χ2n) is 5.95. The highest BCUT2D eigenvalue weighted by Crippen LogP contribution is 2.32. The van der Waals surface area contributed by atoms with Gasteiger partial charge in [-0.25, -0.2) is 9.47 Å². The molecule has 6 nitrogen and oxygen atoms in total. The molecule has 2 heterocycles. The molecule has 1 saturated carbocycles. The van der Waals surface area contributed by atoms with Crippen LogP contribution in [0, 0.1) is 0 Å². The third kappa shape index (κ3) is 3.11. The van der Waals surface area contributed by atoms with Crippen LogP contribution in [0.15, 0.2) is 35.3 Å². The monoisotopic (exact) mass is 313 g/mol. The lowest BCUT2D eigenvalue weighted by molar-refractivity contribution is 0.0696. The van der Waals surface area contributed by atoms with E-state index in [2.05, 4.69) is 4.98 Å². The Labute approximate surface area is 133 Å². The number of carboxylic acids is 1. The van der Waals surface area contributed by atoms with Crippen molar-refractivity contribution in [3.05, 3.63) is 52.1 Å². The molecule has 1 aliphatic carbocycles. The predicted octanol–water partition coefficient (Wildman–Crippen LogP) is 2.37. The van der Waals surface area contributed by atoms with E-state index >= 15 is 0 Å². The maximum Gasteiger partial charge on any atom is 0.337 e. The Bertz CT molecular complexity index is 775.